The topological polar surface area (TPSA) is 49.4 Å². The van der Waals surface area contributed by atoms with E-state index in [9.17, 15) is 14.0 Å². The van der Waals surface area contributed by atoms with Gasteiger partial charge in [0.2, 0.25) is 0 Å². The Morgan fingerprint density at radius 2 is 1.53 bits per heavy atom. The van der Waals surface area contributed by atoms with E-state index in [1.54, 1.807) is 37.3 Å². The molecule has 3 aromatic rings. The molecule has 4 rings (SSSR count). The highest BCUT2D eigenvalue weighted by atomic mass is 35.5. The second kappa shape index (κ2) is 7.76. The van der Waals surface area contributed by atoms with Crippen LogP contribution in [-0.2, 0) is 9.59 Å². The van der Waals surface area contributed by atoms with E-state index in [0.717, 1.165) is 10.5 Å². The van der Waals surface area contributed by atoms with Crippen molar-refractivity contribution in [1.29, 1.82) is 0 Å². The maximum Gasteiger partial charge on any atom is 0.282 e. The van der Waals surface area contributed by atoms with Crippen molar-refractivity contribution in [2.24, 2.45) is 0 Å². The van der Waals surface area contributed by atoms with Gasteiger partial charge < -0.3 is 5.32 Å². The second-order valence-electron chi connectivity index (χ2n) is 7.08. The molecule has 0 aromatic heterocycles. The SMILES string of the molecule is Cc1ccc(C2=C(Nc3ccc(F)cc3)C(=O)N(c3cccc(Cl)c3C)C2=O)cc1. The molecule has 1 heterocycles. The number of hydrogen-bond donors (Lipinski definition) is 1. The summed E-state index contributed by atoms with van der Waals surface area (Å²) >= 11 is 6.23. The Morgan fingerprint density at radius 1 is 0.867 bits per heavy atom. The molecule has 0 fully saturated rings. The third-order valence-electron chi connectivity index (χ3n) is 5.02. The first kappa shape index (κ1) is 19.9. The highest BCUT2D eigenvalue weighted by Gasteiger charge is 2.41. The fraction of sp³-hybridized carbons (Fsp3) is 0.0833. The van der Waals surface area contributed by atoms with Gasteiger partial charge in [-0.15, -0.1) is 0 Å². The van der Waals surface area contributed by atoms with Crippen LogP contribution in [0.2, 0.25) is 5.02 Å². The summed E-state index contributed by atoms with van der Waals surface area (Å²) in [6.07, 6.45) is 0. The van der Waals surface area contributed by atoms with Crippen LogP contribution in [0.4, 0.5) is 15.8 Å². The first-order valence-corrected chi connectivity index (χ1v) is 9.72. The molecule has 6 heteroatoms. The lowest BCUT2D eigenvalue weighted by Gasteiger charge is -2.18. The summed E-state index contributed by atoms with van der Waals surface area (Å²) in [5.74, 6) is -1.33. The van der Waals surface area contributed by atoms with Crippen LogP contribution in [0.1, 0.15) is 16.7 Å². The molecule has 150 valence electrons. The van der Waals surface area contributed by atoms with Crippen LogP contribution < -0.4 is 10.2 Å². The fourth-order valence-corrected chi connectivity index (χ4v) is 3.54. The van der Waals surface area contributed by atoms with Crippen LogP contribution in [0.15, 0.2) is 72.4 Å². The molecule has 0 saturated heterocycles. The number of nitrogens with zero attached hydrogens (tertiary/aromatic N) is 1. The molecule has 1 aliphatic heterocycles. The van der Waals surface area contributed by atoms with E-state index >= 15 is 0 Å². The van der Waals surface area contributed by atoms with Gasteiger partial charge in [-0.05, 0) is 61.4 Å². The number of carbonyl (C=O) groups excluding carboxylic acids is 2. The summed E-state index contributed by atoms with van der Waals surface area (Å²) in [6, 6.07) is 18.0. The molecular weight excluding hydrogens is 403 g/mol. The van der Waals surface area contributed by atoms with Gasteiger partial charge in [0.15, 0.2) is 0 Å². The monoisotopic (exact) mass is 420 g/mol. The van der Waals surface area contributed by atoms with Crippen molar-refractivity contribution >= 4 is 40.4 Å². The van der Waals surface area contributed by atoms with E-state index in [4.69, 9.17) is 11.6 Å². The zero-order valence-electron chi connectivity index (χ0n) is 16.4. The maximum absolute atomic E-state index is 13.4. The number of benzene rings is 3. The van der Waals surface area contributed by atoms with Gasteiger partial charge in [-0.25, -0.2) is 9.29 Å². The van der Waals surface area contributed by atoms with Crippen LogP contribution in [0.25, 0.3) is 5.57 Å². The number of rotatable bonds is 4. The van der Waals surface area contributed by atoms with Crippen LogP contribution in [0.5, 0.6) is 0 Å². The average Bonchev–Trinajstić information content (AvgIpc) is 2.96. The number of aryl methyl sites for hydroxylation is 1. The van der Waals surface area contributed by atoms with E-state index < -0.39 is 17.6 Å². The van der Waals surface area contributed by atoms with Crippen molar-refractivity contribution in [1.82, 2.24) is 0 Å². The molecule has 0 saturated carbocycles. The van der Waals surface area contributed by atoms with Gasteiger partial charge in [0, 0.05) is 10.7 Å². The van der Waals surface area contributed by atoms with Crippen molar-refractivity contribution in [3.05, 3.63) is 100.0 Å². The Kier molecular flexibility index (Phi) is 5.14. The van der Waals surface area contributed by atoms with Gasteiger partial charge in [-0.2, -0.15) is 0 Å². The van der Waals surface area contributed by atoms with Crippen LogP contribution in [0, 0.1) is 19.7 Å². The van der Waals surface area contributed by atoms with Crippen LogP contribution in [0.3, 0.4) is 0 Å². The molecule has 0 atom stereocenters. The number of amides is 2. The van der Waals surface area contributed by atoms with Crippen LogP contribution in [-0.4, -0.2) is 11.8 Å². The zero-order valence-corrected chi connectivity index (χ0v) is 17.1. The Labute approximate surface area is 178 Å². The number of hydrogen-bond acceptors (Lipinski definition) is 3. The number of carbonyl (C=O) groups is 2. The second-order valence-corrected chi connectivity index (χ2v) is 7.48. The predicted molar refractivity (Wildman–Crippen MR) is 117 cm³/mol. The standard InChI is InChI=1S/C24H18ClFN2O2/c1-14-6-8-16(9-7-14)21-22(27-18-12-10-17(26)11-13-18)24(30)28(23(21)29)20-5-3-4-19(25)15(20)2/h3-13,27H,1-2H3. The molecule has 0 unspecified atom stereocenters. The largest absolute Gasteiger partial charge is 0.350 e. The van der Waals surface area contributed by atoms with Crippen molar-refractivity contribution in [3.63, 3.8) is 0 Å². The van der Waals surface area contributed by atoms with Gasteiger partial charge in [0.25, 0.3) is 11.8 Å². The number of imide groups is 1. The molecule has 0 aliphatic carbocycles. The van der Waals surface area contributed by atoms with E-state index in [1.807, 2.05) is 19.1 Å². The van der Waals surface area contributed by atoms with Crippen molar-refractivity contribution in [2.75, 3.05) is 10.2 Å². The maximum atomic E-state index is 13.4. The number of anilines is 2. The molecule has 0 bridgehead atoms. The minimum absolute atomic E-state index is 0.134. The molecule has 0 radical (unpaired) electrons. The Balaban J connectivity index is 1.84. The Hall–Kier alpha value is -3.44. The molecule has 1 aliphatic rings. The fourth-order valence-electron chi connectivity index (χ4n) is 3.37. The molecule has 2 amide bonds. The summed E-state index contributed by atoms with van der Waals surface area (Å²) in [4.78, 5) is 27.9. The Morgan fingerprint density at radius 3 is 2.20 bits per heavy atom. The third kappa shape index (κ3) is 3.48. The molecule has 3 aromatic carbocycles. The first-order valence-electron chi connectivity index (χ1n) is 9.34. The lowest BCUT2D eigenvalue weighted by molar-refractivity contribution is -0.120. The van der Waals surface area contributed by atoms with Gasteiger partial charge >= 0.3 is 0 Å². The zero-order chi connectivity index (χ0) is 21.4. The molecule has 0 spiro atoms. The quantitative estimate of drug-likeness (QED) is 0.567. The summed E-state index contributed by atoms with van der Waals surface area (Å²) in [5.41, 5.74) is 3.60. The average molecular weight is 421 g/mol. The highest BCUT2D eigenvalue weighted by Crippen LogP contribution is 2.36. The van der Waals surface area contributed by atoms with E-state index in [1.165, 1.54) is 24.3 Å². The minimum atomic E-state index is -0.495. The lowest BCUT2D eigenvalue weighted by atomic mass is 10.0. The van der Waals surface area contributed by atoms with E-state index in [0.29, 0.717) is 27.5 Å². The predicted octanol–water partition coefficient (Wildman–Crippen LogP) is 5.49. The normalized spacial score (nSPS) is 13.9. The van der Waals surface area contributed by atoms with Gasteiger partial charge in [-0.3, -0.25) is 9.59 Å². The summed E-state index contributed by atoms with van der Waals surface area (Å²) < 4.78 is 13.3. The Bertz CT molecular complexity index is 1180. The third-order valence-corrected chi connectivity index (χ3v) is 5.43. The van der Waals surface area contributed by atoms with Gasteiger partial charge in [0.1, 0.15) is 11.5 Å². The molecule has 4 nitrogen and oxygen atoms in total. The number of halogens is 2. The van der Waals surface area contributed by atoms with Crippen LogP contribution >= 0.6 is 11.6 Å². The number of nitrogens with one attached hydrogen (secondary N) is 1. The van der Waals surface area contributed by atoms with Crippen molar-refractivity contribution < 1.29 is 14.0 Å². The first-order chi connectivity index (χ1) is 14.4. The highest BCUT2D eigenvalue weighted by molar-refractivity contribution is 6.46. The smallest absolute Gasteiger partial charge is 0.282 e. The van der Waals surface area contributed by atoms with Gasteiger partial charge in [0.05, 0.1) is 11.3 Å². The van der Waals surface area contributed by atoms with E-state index in [-0.39, 0.29) is 11.3 Å². The summed E-state index contributed by atoms with van der Waals surface area (Å²) in [7, 11) is 0. The van der Waals surface area contributed by atoms with Crippen molar-refractivity contribution in [3.8, 4) is 0 Å². The summed E-state index contributed by atoms with van der Waals surface area (Å²) in [5, 5.41) is 3.48. The molecule has 30 heavy (non-hydrogen) atoms. The minimum Gasteiger partial charge on any atom is -0.350 e. The summed E-state index contributed by atoms with van der Waals surface area (Å²) in [6.45, 7) is 3.70. The van der Waals surface area contributed by atoms with Gasteiger partial charge in [-0.1, -0.05) is 47.5 Å². The molecule has 1 N–H and O–H groups in total. The molecular formula is C24H18ClFN2O2. The van der Waals surface area contributed by atoms with E-state index in [2.05, 4.69) is 5.32 Å². The lowest BCUT2D eigenvalue weighted by Crippen LogP contribution is -2.33. The van der Waals surface area contributed by atoms with Crippen molar-refractivity contribution in [2.45, 2.75) is 13.8 Å².